The van der Waals surface area contributed by atoms with Gasteiger partial charge in [-0.3, -0.25) is 0 Å². The van der Waals surface area contributed by atoms with Crippen molar-refractivity contribution >= 4 is 86.3 Å². The molecule has 15 unspecified atom stereocenters. The van der Waals surface area contributed by atoms with E-state index in [1.54, 1.807) is 13.1 Å². The summed E-state index contributed by atoms with van der Waals surface area (Å²) in [6.07, 6.45) is 25.7. The van der Waals surface area contributed by atoms with E-state index in [9.17, 15) is 4.80 Å². The molecule has 8 aliphatic rings. The molecule has 8 rings (SSSR count). The van der Waals surface area contributed by atoms with Gasteiger partial charge in [-0.05, 0) is 162 Å². The number of rotatable bonds is 17. The van der Waals surface area contributed by atoms with Crippen LogP contribution in [0.25, 0.3) is 0 Å². The molecule has 0 aromatic heterocycles. The number of hydrogen-bond acceptors (Lipinski definition) is 12. The van der Waals surface area contributed by atoms with Gasteiger partial charge in [-0.15, -0.1) is 0 Å². The van der Waals surface area contributed by atoms with Crippen LogP contribution in [0.4, 0.5) is 0 Å². The number of fused-ring (bicyclic) bond motifs is 8. The molecule has 15 atom stereocenters. The average Bonchev–Trinajstić information content (AvgIpc) is 3.94. The lowest BCUT2D eigenvalue weighted by Crippen LogP contribution is -2.78. The van der Waals surface area contributed by atoms with Gasteiger partial charge in [-0.25, -0.2) is 0 Å². The van der Waals surface area contributed by atoms with Crippen molar-refractivity contribution in [1.29, 1.82) is 0 Å². The molecule has 0 radical (unpaired) electrons. The molecule has 358 valence electrons. The minimum atomic E-state index is -4.01. The fraction of sp³-hybridized carbons (Fsp3) is 0.854. The maximum Gasteiger partial charge on any atom is 0.480 e. The second kappa shape index (κ2) is 17.6. The van der Waals surface area contributed by atoms with Crippen LogP contribution in [-0.2, 0) is 45.3 Å². The van der Waals surface area contributed by atoms with Crippen molar-refractivity contribution < 1.29 is 50.1 Å². The van der Waals surface area contributed by atoms with Gasteiger partial charge >= 0.3 is 61.4 Å². The third-order valence-electron chi connectivity index (χ3n) is 15.1. The van der Waals surface area contributed by atoms with E-state index in [0.29, 0.717) is 23.7 Å². The maximum atomic E-state index is 12.1. The highest BCUT2D eigenvalue weighted by Gasteiger charge is 2.70. The topological polar surface area (TPSA) is 122 Å². The lowest BCUT2D eigenvalue weighted by atomic mass is 9.91. The number of hydrogen-bond donors (Lipinski definition) is 1. The molecule has 22 heteroatoms. The zero-order chi connectivity index (χ0) is 45.7. The molecular formula is C41H82O12Si10. The highest BCUT2D eigenvalue weighted by Crippen LogP contribution is 2.49. The summed E-state index contributed by atoms with van der Waals surface area (Å²) in [6, 6.07) is 3.01. The SMILES string of the molecule is C[Si](C)(CCC1CC2C=CC1C2)O[Si](C)(C)O[Si]1(C)O[Si](C)(O[Si](C)(C)CCC2CC3C=CC2C3)O[Si]2(C)O[Si](C)(O[Si](C)(C)CCC3CC4C=CC3C4)O[Si](C)(O)O[Si](C)(O1)O2. The van der Waals surface area contributed by atoms with Gasteiger partial charge in [0, 0.05) is 39.3 Å². The molecule has 0 aromatic carbocycles. The Labute approximate surface area is 391 Å². The van der Waals surface area contributed by atoms with Crippen LogP contribution in [0.1, 0.15) is 57.8 Å². The van der Waals surface area contributed by atoms with E-state index < -0.39 is 86.3 Å². The molecule has 2 aliphatic heterocycles. The molecule has 0 amide bonds. The zero-order valence-corrected chi connectivity index (χ0v) is 51.1. The summed E-state index contributed by atoms with van der Waals surface area (Å²) in [5.74, 6) is 6.40. The molecule has 5 fully saturated rings. The average molecular weight is 1050 g/mol. The Morgan fingerprint density at radius 1 is 0.444 bits per heavy atom. The lowest BCUT2D eigenvalue weighted by molar-refractivity contribution is 0.0466. The molecule has 8 bridgehead atoms. The minimum absolute atomic E-state index is 0.676. The standard InChI is InChI=1S/C41H82O12Si10/c1-54(2,24-21-39-30-33-15-18-36(39)27-33)43-57(7,8)46-61(12)50-60(11,45-56(5,6)26-23-41-32-35-17-20-38(41)29-35)51-63(14)49-59(10,47-58(9,42)48-62(13,52-61)53-63)44-55(3,4)25-22-40-31-34-16-19-37(40)28-34/h15-20,33-42H,21-32H2,1-14H3. The van der Waals surface area contributed by atoms with Crippen molar-refractivity contribution in [2.45, 2.75) is 168 Å². The Morgan fingerprint density at radius 3 is 1.19 bits per heavy atom. The molecule has 12 nitrogen and oxygen atoms in total. The number of allylic oxidation sites excluding steroid dienone is 6. The summed E-state index contributed by atoms with van der Waals surface area (Å²) in [7, 11) is -32.9. The first-order chi connectivity index (χ1) is 28.9. The molecule has 63 heavy (non-hydrogen) atoms. The van der Waals surface area contributed by atoms with Crippen molar-refractivity contribution in [3.8, 4) is 0 Å². The van der Waals surface area contributed by atoms with Crippen LogP contribution in [0, 0.1) is 53.3 Å². The second-order valence-corrected chi connectivity index (χ2v) is 58.0. The van der Waals surface area contributed by atoms with E-state index in [4.69, 9.17) is 45.3 Å². The van der Waals surface area contributed by atoms with E-state index in [0.717, 1.165) is 60.6 Å². The quantitative estimate of drug-likeness (QED) is 0.110. The van der Waals surface area contributed by atoms with Crippen molar-refractivity contribution in [3.05, 3.63) is 36.5 Å². The van der Waals surface area contributed by atoms with E-state index in [1.165, 1.54) is 44.9 Å². The predicted molar refractivity (Wildman–Crippen MR) is 269 cm³/mol. The van der Waals surface area contributed by atoms with Crippen LogP contribution in [0.5, 0.6) is 0 Å². The third-order valence-corrected chi connectivity index (χ3v) is 55.4. The van der Waals surface area contributed by atoms with Crippen LogP contribution >= 0.6 is 0 Å². The van der Waals surface area contributed by atoms with Gasteiger partial charge in [0.05, 0.1) is 0 Å². The molecule has 1 N–H and O–H groups in total. The van der Waals surface area contributed by atoms with E-state index in [2.05, 4.69) is 88.8 Å². The van der Waals surface area contributed by atoms with E-state index >= 15 is 0 Å². The zero-order valence-electron chi connectivity index (χ0n) is 41.1. The fourth-order valence-electron chi connectivity index (χ4n) is 13.3. The van der Waals surface area contributed by atoms with E-state index in [-0.39, 0.29) is 0 Å². The summed E-state index contributed by atoms with van der Waals surface area (Å²) < 4.78 is 78.3. The second-order valence-electron chi connectivity index (χ2n) is 23.7. The van der Waals surface area contributed by atoms with Crippen LogP contribution in [-0.4, -0.2) is 91.1 Å². The Morgan fingerprint density at radius 2 is 0.810 bits per heavy atom. The molecular weight excluding hydrogens is 965 g/mol. The van der Waals surface area contributed by atoms with Gasteiger partial charge in [-0.1, -0.05) is 55.7 Å². The van der Waals surface area contributed by atoms with Crippen LogP contribution in [0.3, 0.4) is 0 Å². The van der Waals surface area contributed by atoms with Gasteiger partial charge in [-0.2, -0.15) is 0 Å². The summed E-state index contributed by atoms with van der Waals surface area (Å²) >= 11 is 0. The molecule has 6 aliphatic carbocycles. The molecule has 0 spiro atoms. The van der Waals surface area contributed by atoms with Crippen molar-refractivity contribution in [1.82, 2.24) is 0 Å². The van der Waals surface area contributed by atoms with Crippen molar-refractivity contribution in [3.63, 3.8) is 0 Å². The van der Waals surface area contributed by atoms with Crippen LogP contribution in [0.2, 0.25) is 110 Å². The Hall–Kier alpha value is 0.909. The fourth-order valence-corrected chi connectivity index (χ4v) is 62.8. The Balaban J connectivity index is 1.03. The highest BCUT2D eigenvalue weighted by molar-refractivity contribution is 6.97. The Bertz CT molecular complexity index is 1790. The highest BCUT2D eigenvalue weighted by atomic mass is 28.6. The largest absolute Gasteiger partial charge is 0.480 e. The summed E-state index contributed by atoms with van der Waals surface area (Å²) in [4.78, 5) is 12.1. The molecule has 2 saturated heterocycles. The normalized spacial score (nSPS) is 45.9. The van der Waals surface area contributed by atoms with Crippen LogP contribution < -0.4 is 0 Å². The van der Waals surface area contributed by atoms with Crippen LogP contribution in [0.15, 0.2) is 36.5 Å². The molecule has 3 saturated carbocycles. The first-order valence-corrected chi connectivity index (χ1v) is 49.9. The van der Waals surface area contributed by atoms with Gasteiger partial charge in [0.2, 0.25) is 0 Å². The summed E-state index contributed by atoms with van der Waals surface area (Å²) in [5.41, 5.74) is 0. The van der Waals surface area contributed by atoms with Gasteiger partial charge < -0.3 is 50.1 Å². The van der Waals surface area contributed by atoms with Crippen molar-refractivity contribution in [2.75, 3.05) is 0 Å². The van der Waals surface area contributed by atoms with E-state index in [1.807, 2.05) is 26.2 Å². The molecule has 0 aromatic rings. The summed E-state index contributed by atoms with van der Waals surface area (Å²) in [5, 5.41) is 0. The first-order valence-electron chi connectivity index (χ1n) is 24.4. The van der Waals surface area contributed by atoms with Gasteiger partial charge in [0.25, 0.3) is 0 Å². The first kappa shape index (κ1) is 50.3. The van der Waals surface area contributed by atoms with Crippen molar-refractivity contribution in [2.24, 2.45) is 53.3 Å². The Kier molecular flexibility index (Phi) is 14.1. The third kappa shape index (κ3) is 12.6. The maximum absolute atomic E-state index is 12.1. The van der Waals surface area contributed by atoms with Gasteiger partial charge in [0.1, 0.15) is 0 Å². The monoisotopic (exact) mass is 1050 g/mol. The molecule has 2 heterocycles. The summed E-state index contributed by atoms with van der Waals surface area (Å²) in [6.45, 7) is 28.9. The lowest BCUT2D eigenvalue weighted by Gasteiger charge is -2.53. The minimum Gasteiger partial charge on any atom is -0.436 e. The predicted octanol–water partition coefficient (Wildman–Crippen LogP) is 10.7. The van der Waals surface area contributed by atoms with Gasteiger partial charge in [0.15, 0.2) is 25.0 Å². The smallest absolute Gasteiger partial charge is 0.436 e.